The van der Waals surface area contributed by atoms with Gasteiger partial charge < -0.3 is 15.2 Å². The van der Waals surface area contributed by atoms with Gasteiger partial charge in [-0.3, -0.25) is 0 Å². The molecule has 0 aliphatic rings. The Balaban J connectivity index is 2.20. The van der Waals surface area contributed by atoms with Crippen molar-refractivity contribution < 1.29 is 9.84 Å². The quantitative estimate of drug-likeness (QED) is 0.675. The van der Waals surface area contributed by atoms with Crippen molar-refractivity contribution in [3.05, 3.63) is 29.8 Å². The molecule has 0 fully saturated rings. The van der Waals surface area contributed by atoms with E-state index in [1.165, 1.54) is 5.56 Å². The van der Waals surface area contributed by atoms with Gasteiger partial charge in [-0.2, -0.15) is 0 Å². The molecule has 1 atom stereocenters. The second-order valence-electron chi connectivity index (χ2n) is 5.37. The number of likely N-dealkylation sites (N-methyl/N-ethyl adjacent to an activating group) is 1. The summed E-state index contributed by atoms with van der Waals surface area (Å²) in [5.41, 5.74) is 1.07. The van der Waals surface area contributed by atoms with Gasteiger partial charge in [-0.25, -0.2) is 0 Å². The minimum atomic E-state index is -0.155. The van der Waals surface area contributed by atoms with Gasteiger partial charge in [0.1, 0.15) is 5.75 Å². The van der Waals surface area contributed by atoms with E-state index in [0.717, 1.165) is 38.2 Å². The van der Waals surface area contributed by atoms with Crippen molar-refractivity contribution in [1.29, 1.82) is 0 Å². The zero-order valence-corrected chi connectivity index (χ0v) is 12.4. The summed E-state index contributed by atoms with van der Waals surface area (Å²) >= 11 is 0. The van der Waals surface area contributed by atoms with Gasteiger partial charge in [0.2, 0.25) is 0 Å². The first-order valence-corrected chi connectivity index (χ1v) is 7.15. The van der Waals surface area contributed by atoms with E-state index in [1.54, 1.807) is 0 Å². The summed E-state index contributed by atoms with van der Waals surface area (Å²) in [5, 5.41) is 12.7. The number of aryl methyl sites for hydroxylation is 1. The maximum absolute atomic E-state index is 9.39. The van der Waals surface area contributed by atoms with Crippen LogP contribution in [-0.4, -0.2) is 30.4 Å². The highest BCUT2D eigenvalue weighted by Crippen LogP contribution is 2.15. The van der Waals surface area contributed by atoms with E-state index in [1.807, 2.05) is 12.1 Å². The van der Waals surface area contributed by atoms with Crippen LogP contribution in [0.5, 0.6) is 5.75 Å². The topological polar surface area (TPSA) is 41.5 Å². The lowest BCUT2D eigenvalue weighted by Gasteiger charge is -2.28. The van der Waals surface area contributed by atoms with Crippen LogP contribution in [0.3, 0.4) is 0 Å². The molecule has 0 saturated heterocycles. The molecule has 108 valence electrons. The van der Waals surface area contributed by atoms with E-state index >= 15 is 0 Å². The van der Waals surface area contributed by atoms with Crippen molar-refractivity contribution >= 4 is 0 Å². The lowest BCUT2D eigenvalue weighted by molar-refractivity contribution is 0.162. The second kappa shape index (κ2) is 8.18. The molecule has 1 aromatic rings. The summed E-state index contributed by atoms with van der Waals surface area (Å²) in [4.78, 5) is 0. The maximum Gasteiger partial charge on any atom is 0.119 e. The Kier molecular flexibility index (Phi) is 6.89. The lowest BCUT2D eigenvalue weighted by atomic mass is 9.96. The molecule has 0 aliphatic heterocycles. The van der Waals surface area contributed by atoms with E-state index in [4.69, 9.17) is 4.74 Å². The van der Waals surface area contributed by atoms with Gasteiger partial charge in [0.05, 0.1) is 13.2 Å². The summed E-state index contributed by atoms with van der Waals surface area (Å²) in [6.07, 6.45) is 3.03. The Hall–Kier alpha value is -1.06. The fourth-order valence-corrected chi connectivity index (χ4v) is 2.16. The second-order valence-corrected chi connectivity index (χ2v) is 5.37. The van der Waals surface area contributed by atoms with Crippen molar-refractivity contribution in [2.24, 2.45) is 0 Å². The normalized spacial score (nSPS) is 14.1. The SMILES string of the molecule is CCNC(C)(CO)CCCCOc1cccc(C)c1. The minimum absolute atomic E-state index is 0.155. The van der Waals surface area contributed by atoms with Crippen LogP contribution in [0.25, 0.3) is 0 Å². The average molecular weight is 265 g/mol. The van der Waals surface area contributed by atoms with Gasteiger partial charge in [0.15, 0.2) is 0 Å². The molecule has 2 N–H and O–H groups in total. The Labute approximate surface area is 117 Å². The minimum Gasteiger partial charge on any atom is -0.494 e. The summed E-state index contributed by atoms with van der Waals surface area (Å²) in [7, 11) is 0. The first-order valence-electron chi connectivity index (χ1n) is 7.15. The van der Waals surface area contributed by atoms with Crippen LogP contribution in [0.2, 0.25) is 0 Å². The summed E-state index contributed by atoms with van der Waals surface area (Å²) < 4.78 is 5.71. The first-order chi connectivity index (χ1) is 9.09. The molecule has 0 aromatic heterocycles. The molecule has 1 rings (SSSR count). The van der Waals surface area contributed by atoms with Crippen LogP contribution in [0.1, 0.15) is 38.7 Å². The third kappa shape index (κ3) is 6.08. The largest absolute Gasteiger partial charge is 0.494 e. The number of nitrogens with one attached hydrogen (secondary N) is 1. The van der Waals surface area contributed by atoms with Crippen LogP contribution < -0.4 is 10.1 Å². The number of benzene rings is 1. The van der Waals surface area contributed by atoms with Crippen molar-refractivity contribution in [2.45, 2.75) is 45.6 Å². The van der Waals surface area contributed by atoms with E-state index in [0.29, 0.717) is 0 Å². The van der Waals surface area contributed by atoms with Crippen LogP contribution in [-0.2, 0) is 0 Å². The predicted molar refractivity (Wildman–Crippen MR) is 79.7 cm³/mol. The molecule has 3 nitrogen and oxygen atoms in total. The molecule has 0 amide bonds. The fourth-order valence-electron chi connectivity index (χ4n) is 2.16. The molecule has 0 saturated carbocycles. The maximum atomic E-state index is 9.39. The van der Waals surface area contributed by atoms with Crippen molar-refractivity contribution in [1.82, 2.24) is 5.32 Å². The van der Waals surface area contributed by atoms with Gasteiger partial charge in [-0.1, -0.05) is 19.1 Å². The van der Waals surface area contributed by atoms with Crippen molar-refractivity contribution in [3.8, 4) is 5.75 Å². The molecular formula is C16H27NO2. The van der Waals surface area contributed by atoms with Crippen LogP contribution in [0.4, 0.5) is 0 Å². The molecule has 0 heterocycles. The summed E-state index contributed by atoms with van der Waals surface area (Å²) in [6.45, 7) is 8.00. The number of hydrogen-bond donors (Lipinski definition) is 2. The first kappa shape index (κ1) is 16.0. The molecule has 1 aromatic carbocycles. The Morgan fingerprint density at radius 1 is 1.32 bits per heavy atom. The van der Waals surface area contributed by atoms with E-state index in [2.05, 4.69) is 38.2 Å². The third-order valence-electron chi connectivity index (χ3n) is 3.33. The lowest BCUT2D eigenvalue weighted by Crippen LogP contribution is -2.45. The molecule has 0 radical (unpaired) electrons. The highest BCUT2D eigenvalue weighted by Gasteiger charge is 2.20. The Morgan fingerprint density at radius 3 is 2.74 bits per heavy atom. The summed E-state index contributed by atoms with van der Waals surface area (Å²) in [5.74, 6) is 0.941. The smallest absolute Gasteiger partial charge is 0.119 e. The molecule has 0 aliphatic carbocycles. The third-order valence-corrected chi connectivity index (χ3v) is 3.33. The predicted octanol–water partition coefficient (Wildman–Crippen LogP) is 2.90. The summed E-state index contributed by atoms with van der Waals surface area (Å²) in [6, 6.07) is 8.12. The standard InChI is InChI=1S/C16H27NO2/c1-4-17-16(3,13-18)10-5-6-11-19-15-9-7-8-14(2)12-15/h7-9,12,17-18H,4-6,10-11,13H2,1-3H3. The molecule has 1 unspecified atom stereocenters. The molecule has 0 bridgehead atoms. The number of aliphatic hydroxyl groups excluding tert-OH is 1. The van der Waals surface area contributed by atoms with Crippen LogP contribution in [0, 0.1) is 6.92 Å². The number of rotatable bonds is 9. The monoisotopic (exact) mass is 265 g/mol. The molecule has 19 heavy (non-hydrogen) atoms. The number of ether oxygens (including phenoxy) is 1. The molecule has 0 spiro atoms. The van der Waals surface area contributed by atoms with Crippen molar-refractivity contribution in [3.63, 3.8) is 0 Å². The van der Waals surface area contributed by atoms with Gasteiger partial charge >= 0.3 is 0 Å². The highest BCUT2D eigenvalue weighted by molar-refractivity contribution is 5.27. The van der Waals surface area contributed by atoms with Gasteiger partial charge in [-0.05, 0) is 57.4 Å². The number of unbranched alkanes of at least 4 members (excludes halogenated alkanes) is 1. The van der Waals surface area contributed by atoms with E-state index in [-0.39, 0.29) is 12.1 Å². The van der Waals surface area contributed by atoms with E-state index < -0.39 is 0 Å². The van der Waals surface area contributed by atoms with Crippen molar-refractivity contribution in [2.75, 3.05) is 19.8 Å². The Morgan fingerprint density at radius 2 is 2.11 bits per heavy atom. The number of hydrogen-bond acceptors (Lipinski definition) is 3. The van der Waals surface area contributed by atoms with Gasteiger partial charge in [0, 0.05) is 5.54 Å². The molecular weight excluding hydrogens is 238 g/mol. The fraction of sp³-hybridized carbons (Fsp3) is 0.625. The highest BCUT2D eigenvalue weighted by atomic mass is 16.5. The van der Waals surface area contributed by atoms with Crippen LogP contribution in [0.15, 0.2) is 24.3 Å². The van der Waals surface area contributed by atoms with E-state index in [9.17, 15) is 5.11 Å². The van der Waals surface area contributed by atoms with Gasteiger partial charge in [-0.15, -0.1) is 0 Å². The Bertz CT molecular complexity index is 368. The van der Waals surface area contributed by atoms with Crippen LogP contribution >= 0.6 is 0 Å². The average Bonchev–Trinajstić information content (AvgIpc) is 2.39. The molecule has 3 heteroatoms. The zero-order chi connectivity index (χ0) is 14.1. The number of aliphatic hydroxyl groups is 1. The zero-order valence-electron chi connectivity index (χ0n) is 12.4. The van der Waals surface area contributed by atoms with Gasteiger partial charge in [0.25, 0.3) is 0 Å².